The van der Waals surface area contributed by atoms with Crippen LogP contribution in [0.5, 0.6) is 0 Å². The summed E-state index contributed by atoms with van der Waals surface area (Å²) in [6, 6.07) is 1.43. The molecule has 2 aromatic rings. The second-order valence-corrected chi connectivity index (χ2v) is 4.51. The van der Waals surface area contributed by atoms with Gasteiger partial charge < -0.3 is 4.98 Å². The first-order valence-corrected chi connectivity index (χ1v) is 5.77. The molecular formula is C7H4I2N4O. The number of nitrogens with zero attached hydrogens (tertiary/aromatic N) is 3. The number of aromatic nitrogens is 4. The number of hydrogen-bond donors (Lipinski definition) is 1. The number of H-pyrrole nitrogens is 1. The fraction of sp³-hybridized carbons (Fsp3) is 0. The highest BCUT2D eigenvalue weighted by Crippen LogP contribution is 2.15. The summed E-state index contributed by atoms with van der Waals surface area (Å²) >= 11 is 4.28. The molecule has 1 N–H and O–H groups in total. The minimum Gasteiger partial charge on any atom is -0.313 e. The molecule has 0 bridgehead atoms. The zero-order valence-corrected chi connectivity index (χ0v) is 11.1. The Morgan fingerprint density at radius 1 is 1.36 bits per heavy atom. The van der Waals surface area contributed by atoms with Crippen molar-refractivity contribution >= 4 is 45.2 Å². The van der Waals surface area contributed by atoms with Crippen LogP contribution >= 0.6 is 45.2 Å². The quantitative estimate of drug-likeness (QED) is 0.714. The van der Waals surface area contributed by atoms with Gasteiger partial charge in [0.05, 0.1) is 6.33 Å². The lowest BCUT2D eigenvalue weighted by Gasteiger charge is -2.00. The zero-order valence-electron chi connectivity index (χ0n) is 6.74. The van der Waals surface area contributed by atoms with Crippen LogP contribution in [0.1, 0.15) is 0 Å². The molecular weight excluding hydrogens is 410 g/mol. The second-order valence-electron chi connectivity index (χ2n) is 2.47. The van der Waals surface area contributed by atoms with E-state index in [0.717, 1.165) is 7.40 Å². The van der Waals surface area contributed by atoms with Crippen LogP contribution in [0.15, 0.2) is 23.5 Å². The lowest BCUT2D eigenvalue weighted by Crippen LogP contribution is -2.09. The van der Waals surface area contributed by atoms with E-state index in [2.05, 4.69) is 60.1 Å². The second kappa shape index (κ2) is 3.96. The highest BCUT2D eigenvalue weighted by atomic mass is 127. The van der Waals surface area contributed by atoms with Crippen molar-refractivity contribution in [2.45, 2.75) is 0 Å². The van der Waals surface area contributed by atoms with E-state index in [4.69, 9.17) is 0 Å². The third-order valence-corrected chi connectivity index (χ3v) is 4.43. The van der Waals surface area contributed by atoms with Gasteiger partial charge in [0.2, 0.25) is 0 Å². The Balaban J connectivity index is 2.60. The Bertz CT molecular complexity index is 518. The molecule has 2 heterocycles. The van der Waals surface area contributed by atoms with Crippen LogP contribution in [0.2, 0.25) is 0 Å². The maximum absolute atomic E-state index is 11.0. The molecule has 0 aliphatic heterocycles. The molecule has 0 aliphatic rings. The summed E-state index contributed by atoms with van der Waals surface area (Å²) in [6.07, 6.45) is 3.02. The van der Waals surface area contributed by atoms with Gasteiger partial charge in [-0.25, -0.2) is 9.97 Å². The summed E-state index contributed by atoms with van der Waals surface area (Å²) in [5.74, 6) is 0.577. The largest absolute Gasteiger partial charge is 0.313 e. The van der Waals surface area contributed by atoms with E-state index in [0.29, 0.717) is 5.82 Å². The van der Waals surface area contributed by atoms with Gasteiger partial charge in [0, 0.05) is 6.07 Å². The Hall–Kier alpha value is -0.450. The van der Waals surface area contributed by atoms with Crippen LogP contribution < -0.4 is 5.56 Å². The summed E-state index contributed by atoms with van der Waals surface area (Å²) in [7, 11) is 0. The SMILES string of the molecule is O=c1cc(-n2cnc(I)c2I)nc[nH]1. The molecule has 0 atom stereocenters. The Labute approximate surface area is 106 Å². The Kier molecular flexibility index (Phi) is 2.85. The van der Waals surface area contributed by atoms with E-state index >= 15 is 0 Å². The van der Waals surface area contributed by atoms with Crippen molar-refractivity contribution < 1.29 is 0 Å². The monoisotopic (exact) mass is 414 g/mol. The van der Waals surface area contributed by atoms with Gasteiger partial charge in [-0.2, -0.15) is 0 Å². The maximum Gasteiger partial charge on any atom is 0.252 e. The van der Waals surface area contributed by atoms with Crippen LogP contribution in [0.3, 0.4) is 0 Å². The van der Waals surface area contributed by atoms with Crippen LogP contribution in [0.4, 0.5) is 0 Å². The summed E-state index contributed by atoms with van der Waals surface area (Å²) in [6.45, 7) is 0. The molecule has 0 radical (unpaired) electrons. The first-order chi connectivity index (χ1) is 6.68. The molecule has 0 fully saturated rings. The van der Waals surface area contributed by atoms with E-state index in [1.54, 1.807) is 10.9 Å². The smallest absolute Gasteiger partial charge is 0.252 e. The lowest BCUT2D eigenvalue weighted by atomic mass is 10.5. The van der Waals surface area contributed by atoms with Crippen molar-refractivity contribution in [3.8, 4) is 5.82 Å². The average Bonchev–Trinajstić information content (AvgIpc) is 2.48. The highest BCUT2D eigenvalue weighted by Gasteiger charge is 2.07. The Morgan fingerprint density at radius 3 is 2.71 bits per heavy atom. The van der Waals surface area contributed by atoms with Gasteiger partial charge in [0.15, 0.2) is 0 Å². The predicted octanol–water partition coefficient (Wildman–Crippen LogP) is 1.16. The summed E-state index contributed by atoms with van der Waals surface area (Å²) in [4.78, 5) is 21.7. The molecule has 0 spiro atoms. The van der Waals surface area contributed by atoms with Gasteiger partial charge in [-0.3, -0.25) is 9.36 Å². The fourth-order valence-corrected chi connectivity index (χ4v) is 1.86. The molecule has 2 rings (SSSR count). The first-order valence-electron chi connectivity index (χ1n) is 3.62. The van der Waals surface area contributed by atoms with Crippen molar-refractivity contribution in [1.82, 2.24) is 19.5 Å². The van der Waals surface area contributed by atoms with E-state index in [1.807, 2.05) is 0 Å². The van der Waals surface area contributed by atoms with Crippen LogP contribution in [0.25, 0.3) is 5.82 Å². The normalized spacial score (nSPS) is 10.4. The van der Waals surface area contributed by atoms with Crippen molar-refractivity contribution in [2.75, 3.05) is 0 Å². The average molecular weight is 414 g/mol. The standard InChI is InChI=1S/C7H4I2N4O/c8-6-7(9)13(3-12-6)4-1-5(14)11-2-10-4/h1-3H,(H,10,11,14). The molecule has 0 aromatic carbocycles. The third kappa shape index (κ3) is 1.82. The zero-order chi connectivity index (χ0) is 10.1. The molecule has 2 aromatic heterocycles. The summed E-state index contributed by atoms with van der Waals surface area (Å²) < 4.78 is 3.60. The van der Waals surface area contributed by atoms with Gasteiger partial charge in [-0.05, 0) is 45.2 Å². The van der Waals surface area contributed by atoms with E-state index in [9.17, 15) is 4.79 Å². The van der Waals surface area contributed by atoms with E-state index < -0.39 is 0 Å². The van der Waals surface area contributed by atoms with Gasteiger partial charge in [-0.15, -0.1) is 0 Å². The number of aromatic amines is 1. The van der Waals surface area contributed by atoms with Crippen molar-refractivity contribution in [3.05, 3.63) is 36.5 Å². The van der Waals surface area contributed by atoms with Gasteiger partial charge in [-0.1, -0.05) is 0 Å². The van der Waals surface area contributed by atoms with Crippen LogP contribution in [-0.2, 0) is 0 Å². The molecule has 5 nitrogen and oxygen atoms in total. The molecule has 0 saturated heterocycles. The number of nitrogens with one attached hydrogen (secondary N) is 1. The van der Waals surface area contributed by atoms with Crippen molar-refractivity contribution in [2.24, 2.45) is 0 Å². The number of halogens is 2. The number of hydrogen-bond acceptors (Lipinski definition) is 3. The molecule has 0 unspecified atom stereocenters. The third-order valence-electron chi connectivity index (χ3n) is 1.58. The molecule has 14 heavy (non-hydrogen) atoms. The minimum absolute atomic E-state index is 0.172. The first kappa shape index (κ1) is 10.1. The fourth-order valence-electron chi connectivity index (χ4n) is 0.961. The highest BCUT2D eigenvalue weighted by molar-refractivity contribution is 14.1. The van der Waals surface area contributed by atoms with E-state index in [-0.39, 0.29) is 5.56 Å². The van der Waals surface area contributed by atoms with E-state index in [1.165, 1.54) is 12.4 Å². The van der Waals surface area contributed by atoms with Crippen molar-refractivity contribution in [1.29, 1.82) is 0 Å². The minimum atomic E-state index is -0.172. The molecule has 0 saturated carbocycles. The topological polar surface area (TPSA) is 63.6 Å². The summed E-state index contributed by atoms with van der Waals surface area (Å²) in [5.41, 5.74) is -0.172. The van der Waals surface area contributed by atoms with Gasteiger partial charge in [0.1, 0.15) is 19.5 Å². The number of rotatable bonds is 1. The molecule has 0 amide bonds. The molecule has 0 aliphatic carbocycles. The predicted molar refractivity (Wildman–Crippen MR) is 67.4 cm³/mol. The van der Waals surface area contributed by atoms with Crippen LogP contribution in [0, 0.1) is 7.40 Å². The van der Waals surface area contributed by atoms with Crippen LogP contribution in [-0.4, -0.2) is 19.5 Å². The summed E-state index contributed by atoms with van der Waals surface area (Å²) in [5, 5.41) is 0. The Morgan fingerprint density at radius 2 is 2.14 bits per heavy atom. The molecule has 7 heteroatoms. The molecule has 72 valence electrons. The lowest BCUT2D eigenvalue weighted by molar-refractivity contribution is 0.940. The van der Waals surface area contributed by atoms with Gasteiger partial charge in [0.25, 0.3) is 5.56 Å². The maximum atomic E-state index is 11.0. The van der Waals surface area contributed by atoms with Gasteiger partial charge >= 0.3 is 0 Å². The number of imidazole rings is 1. The van der Waals surface area contributed by atoms with Crippen molar-refractivity contribution in [3.63, 3.8) is 0 Å².